The summed E-state index contributed by atoms with van der Waals surface area (Å²) in [5.74, 6) is 0.828. The van der Waals surface area contributed by atoms with Crippen LogP contribution >= 0.6 is 11.6 Å². The molecule has 1 aliphatic rings. The molecule has 0 bridgehead atoms. The number of carbonyl (C=O) groups is 1. The Kier molecular flexibility index (Phi) is 6.27. The lowest BCUT2D eigenvalue weighted by Crippen LogP contribution is -2.49. The first kappa shape index (κ1) is 18.8. The third kappa shape index (κ3) is 5.82. The van der Waals surface area contributed by atoms with Crippen LogP contribution < -0.4 is 10.2 Å². The van der Waals surface area contributed by atoms with E-state index in [9.17, 15) is 4.79 Å². The van der Waals surface area contributed by atoms with Gasteiger partial charge in [-0.2, -0.15) is 0 Å². The predicted molar refractivity (Wildman–Crippen MR) is 95.6 cm³/mol. The monoisotopic (exact) mass is 354 g/mol. The van der Waals surface area contributed by atoms with E-state index >= 15 is 0 Å². The van der Waals surface area contributed by atoms with Gasteiger partial charge in [-0.25, -0.2) is 14.8 Å². The molecule has 0 aliphatic carbocycles. The molecule has 0 spiro atoms. The van der Waals surface area contributed by atoms with Gasteiger partial charge in [0.2, 0.25) is 5.28 Å². The number of anilines is 1. The minimum Gasteiger partial charge on any atom is -0.444 e. The van der Waals surface area contributed by atoms with Crippen LogP contribution in [0.5, 0.6) is 0 Å². The zero-order valence-electron chi connectivity index (χ0n) is 14.9. The molecular weight excluding hydrogens is 328 g/mol. The van der Waals surface area contributed by atoms with Crippen molar-refractivity contribution < 1.29 is 9.53 Å². The Morgan fingerprint density at radius 1 is 1.46 bits per heavy atom. The summed E-state index contributed by atoms with van der Waals surface area (Å²) in [6.45, 7) is 9.27. The van der Waals surface area contributed by atoms with Gasteiger partial charge >= 0.3 is 6.09 Å². The third-order valence-electron chi connectivity index (χ3n) is 3.71. The van der Waals surface area contributed by atoms with Gasteiger partial charge in [0.05, 0.1) is 0 Å². The SMILES string of the molecule is CCCc1cc(N2CCC[C@H](NC(=O)OC(C)(C)C)C2)nc(Cl)n1. The van der Waals surface area contributed by atoms with Crippen molar-refractivity contribution in [3.05, 3.63) is 17.0 Å². The number of nitrogens with zero attached hydrogens (tertiary/aromatic N) is 3. The Hall–Kier alpha value is -1.56. The smallest absolute Gasteiger partial charge is 0.407 e. The van der Waals surface area contributed by atoms with Crippen LogP contribution in [-0.2, 0) is 11.2 Å². The maximum absolute atomic E-state index is 12.0. The molecule has 1 atom stereocenters. The first-order valence-electron chi connectivity index (χ1n) is 8.55. The van der Waals surface area contributed by atoms with Crippen LogP contribution in [0.2, 0.25) is 5.28 Å². The van der Waals surface area contributed by atoms with Crippen LogP contribution in [0.15, 0.2) is 6.07 Å². The molecule has 1 saturated heterocycles. The molecular formula is C17H27ClN4O2. The lowest BCUT2D eigenvalue weighted by Gasteiger charge is -2.34. The molecule has 2 rings (SSSR count). The van der Waals surface area contributed by atoms with Gasteiger partial charge in [-0.15, -0.1) is 0 Å². The number of aromatic nitrogens is 2. The normalized spacial score (nSPS) is 18.4. The first-order chi connectivity index (χ1) is 11.3. The largest absolute Gasteiger partial charge is 0.444 e. The second-order valence-electron chi connectivity index (χ2n) is 7.17. The van der Waals surface area contributed by atoms with E-state index in [1.807, 2.05) is 26.8 Å². The fraction of sp³-hybridized carbons (Fsp3) is 0.706. The van der Waals surface area contributed by atoms with Gasteiger partial charge in [0, 0.05) is 30.9 Å². The summed E-state index contributed by atoms with van der Waals surface area (Å²) in [5, 5.41) is 3.23. The minimum absolute atomic E-state index is 0.0389. The van der Waals surface area contributed by atoms with Crippen LogP contribution in [0.25, 0.3) is 0 Å². The number of carbonyl (C=O) groups excluding carboxylic acids is 1. The van der Waals surface area contributed by atoms with Crippen LogP contribution in [0.3, 0.4) is 0 Å². The van der Waals surface area contributed by atoms with Gasteiger partial charge in [-0.05, 0) is 51.6 Å². The average molecular weight is 355 g/mol. The van der Waals surface area contributed by atoms with Gasteiger partial charge in [-0.1, -0.05) is 13.3 Å². The lowest BCUT2D eigenvalue weighted by molar-refractivity contribution is 0.0500. The van der Waals surface area contributed by atoms with Crippen molar-refractivity contribution in [2.75, 3.05) is 18.0 Å². The number of rotatable bonds is 4. The van der Waals surface area contributed by atoms with Crippen molar-refractivity contribution in [1.82, 2.24) is 15.3 Å². The average Bonchev–Trinajstić information content (AvgIpc) is 2.45. The summed E-state index contributed by atoms with van der Waals surface area (Å²) in [6.07, 6.45) is 3.42. The van der Waals surface area contributed by atoms with Gasteiger partial charge in [0.15, 0.2) is 0 Å². The molecule has 0 saturated carbocycles. The van der Waals surface area contributed by atoms with Crippen LogP contribution in [0.4, 0.5) is 10.6 Å². The molecule has 2 heterocycles. The number of ether oxygens (including phenoxy) is 1. The Labute approximate surface area is 148 Å². The molecule has 6 nitrogen and oxygen atoms in total. The van der Waals surface area contributed by atoms with Crippen molar-refractivity contribution in [2.45, 2.75) is 65.0 Å². The van der Waals surface area contributed by atoms with Crippen molar-refractivity contribution in [3.8, 4) is 0 Å². The van der Waals surface area contributed by atoms with Crippen LogP contribution in [0, 0.1) is 0 Å². The molecule has 0 aromatic carbocycles. The summed E-state index contributed by atoms with van der Waals surface area (Å²) in [4.78, 5) is 22.7. The van der Waals surface area contributed by atoms with E-state index in [4.69, 9.17) is 16.3 Å². The highest BCUT2D eigenvalue weighted by Gasteiger charge is 2.25. The number of amides is 1. The summed E-state index contributed by atoms with van der Waals surface area (Å²) >= 11 is 6.06. The highest BCUT2D eigenvalue weighted by Crippen LogP contribution is 2.21. The molecule has 0 unspecified atom stereocenters. The molecule has 7 heteroatoms. The Bertz CT molecular complexity index is 574. The van der Waals surface area contributed by atoms with Gasteiger partial charge in [0.25, 0.3) is 0 Å². The highest BCUT2D eigenvalue weighted by atomic mass is 35.5. The molecule has 1 fully saturated rings. The van der Waals surface area contributed by atoms with Crippen molar-refractivity contribution in [3.63, 3.8) is 0 Å². The predicted octanol–water partition coefficient (Wildman–Crippen LogP) is 3.58. The first-order valence-corrected chi connectivity index (χ1v) is 8.92. The second kappa shape index (κ2) is 8.01. The molecule has 1 N–H and O–H groups in total. The van der Waals surface area contributed by atoms with E-state index in [0.717, 1.165) is 43.7 Å². The van der Waals surface area contributed by atoms with Gasteiger partial charge in [-0.3, -0.25) is 0 Å². The number of nitrogens with one attached hydrogen (secondary N) is 1. The van der Waals surface area contributed by atoms with Crippen molar-refractivity contribution in [1.29, 1.82) is 0 Å². The fourth-order valence-corrected chi connectivity index (χ4v) is 2.97. The van der Waals surface area contributed by atoms with E-state index < -0.39 is 5.60 Å². The number of alkyl carbamates (subject to hydrolysis) is 1. The molecule has 1 aliphatic heterocycles. The molecule has 24 heavy (non-hydrogen) atoms. The Balaban J connectivity index is 2.01. The number of hydrogen-bond acceptors (Lipinski definition) is 5. The van der Waals surface area contributed by atoms with Crippen LogP contribution in [0.1, 0.15) is 52.7 Å². The zero-order valence-corrected chi connectivity index (χ0v) is 15.7. The molecule has 1 aromatic rings. The number of piperidine rings is 1. The summed E-state index contributed by atoms with van der Waals surface area (Å²) < 4.78 is 5.34. The van der Waals surface area contributed by atoms with Crippen molar-refractivity contribution in [2.24, 2.45) is 0 Å². The van der Waals surface area contributed by atoms with Gasteiger partial charge in [0.1, 0.15) is 11.4 Å². The van der Waals surface area contributed by atoms with E-state index in [1.54, 1.807) is 0 Å². The van der Waals surface area contributed by atoms with E-state index in [0.29, 0.717) is 6.54 Å². The highest BCUT2D eigenvalue weighted by molar-refractivity contribution is 6.28. The third-order valence-corrected chi connectivity index (χ3v) is 3.88. The Morgan fingerprint density at radius 3 is 2.88 bits per heavy atom. The summed E-state index contributed by atoms with van der Waals surface area (Å²) in [7, 11) is 0. The summed E-state index contributed by atoms with van der Waals surface area (Å²) in [6, 6.07) is 2.03. The number of hydrogen-bond donors (Lipinski definition) is 1. The number of aryl methyl sites for hydroxylation is 1. The van der Waals surface area contributed by atoms with Crippen molar-refractivity contribution >= 4 is 23.5 Å². The maximum Gasteiger partial charge on any atom is 0.407 e. The zero-order chi connectivity index (χ0) is 17.7. The van der Waals surface area contributed by atoms with Gasteiger partial charge < -0.3 is 15.0 Å². The van der Waals surface area contributed by atoms with Crippen LogP contribution in [-0.4, -0.2) is 40.8 Å². The van der Waals surface area contributed by atoms with E-state index in [-0.39, 0.29) is 17.4 Å². The maximum atomic E-state index is 12.0. The number of halogens is 1. The molecule has 0 radical (unpaired) electrons. The molecule has 134 valence electrons. The topological polar surface area (TPSA) is 67.4 Å². The quantitative estimate of drug-likeness (QED) is 0.837. The Morgan fingerprint density at radius 2 is 2.21 bits per heavy atom. The van der Waals surface area contributed by atoms with E-state index in [1.165, 1.54) is 0 Å². The summed E-state index contributed by atoms with van der Waals surface area (Å²) in [5.41, 5.74) is 0.461. The molecule has 1 amide bonds. The van der Waals surface area contributed by atoms with E-state index in [2.05, 4.69) is 27.1 Å². The minimum atomic E-state index is -0.492. The second-order valence-corrected chi connectivity index (χ2v) is 7.51. The standard InChI is InChI=1S/C17H27ClN4O2/c1-5-7-12-10-14(21-15(18)19-12)22-9-6-8-13(11-22)20-16(23)24-17(2,3)4/h10,13H,5-9,11H2,1-4H3,(H,20,23)/t13-/m0/s1. The lowest BCUT2D eigenvalue weighted by atomic mass is 10.1. The molecule has 1 aromatic heterocycles. The fourth-order valence-electron chi connectivity index (χ4n) is 2.78.